The Morgan fingerprint density at radius 2 is 1.74 bits per heavy atom. The molecule has 0 aliphatic heterocycles. The van der Waals surface area contributed by atoms with Crippen molar-refractivity contribution in [3.63, 3.8) is 0 Å². The maximum Gasteiger partial charge on any atom is 0.141 e. The minimum Gasteiger partial charge on any atom is -0.456 e. The van der Waals surface area contributed by atoms with Crippen LogP contribution in [0.4, 0.5) is 0 Å². The van der Waals surface area contributed by atoms with Crippen LogP contribution in [0.5, 0.6) is 0 Å². The van der Waals surface area contributed by atoms with Crippen LogP contribution in [-0.2, 0) is 0 Å². The molecule has 0 saturated heterocycles. The number of aliphatic hydroxyl groups is 2. The zero-order chi connectivity index (χ0) is 13.4. The molecule has 19 heavy (non-hydrogen) atoms. The van der Waals surface area contributed by atoms with Crippen molar-refractivity contribution < 1.29 is 14.6 Å². The maximum atomic E-state index is 10.2. The molecular formula is C15H14O3S. The van der Waals surface area contributed by atoms with Crippen LogP contribution in [0.3, 0.4) is 0 Å². The van der Waals surface area contributed by atoms with Crippen LogP contribution in [0.1, 0.15) is 11.7 Å². The summed E-state index contributed by atoms with van der Waals surface area (Å²) in [6.07, 6.45) is -1.91. The SMILES string of the molecule is OC(CS)C(O)c1cccc2c1oc1ccccc12. The van der Waals surface area contributed by atoms with Crippen molar-refractivity contribution in [2.75, 3.05) is 5.75 Å². The fourth-order valence-electron chi connectivity index (χ4n) is 2.31. The van der Waals surface area contributed by atoms with Gasteiger partial charge in [0.05, 0.1) is 6.10 Å². The van der Waals surface area contributed by atoms with Gasteiger partial charge in [0, 0.05) is 22.1 Å². The Kier molecular flexibility index (Phi) is 3.22. The van der Waals surface area contributed by atoms with Gasteiger partial charge in [0.25, 0.3) is 0 Å². The number of furan rings is 1. The molecule has 1 heterocycles. The van der Waals surface area contributed by atoms with Gasteiger partial charge in [-0.05, 0) is 6.07 Å². The van der Waals surface area contributed by atoms with E-state index in [4.69, 9.17) is 4.42 Å². The van der Waals surface area contributed by atoms with Gasteiger partial charge in [-0.25, -0.2) is 0 Å². The Morgan fingerprint density at radius 1 is 1.00 bits per heavy atom. The Morgan fingerprint density at radius 3 is 2.53 bits per heavy atom. The molecule has 2 aromatic carbocycles. The van der Waals surface area contributed by atoms with Gasteiger partial charge < -0.3 is 14.6 Å². The Bertz CT molecular complexity index is 720. The minimum absolute atomic E-state index is 0.192. The topological polar surface area (TPSA) is 53.6 Å². The predicted molar refractivity (Wildman–Crippen MR) is 78.5 cm³/mol. The average molecular weight is 274 g/mol. The predicted octanol–water partition coefficient (Wildman–Crippen LogP) is 2.91. The van der Waals surface area contributed by atoms with E-state index in [9.17, 15) is 10.2 Å². The second-order valence-electron chi connectivity index (χ2n) is 4.52. The average Bonchev–Trinajstić information content (AvgIpc) is 2.84. The van der Waals surface area contributed by atoms with Gasteiger partial charge in [0.1, 0.15) is 17.3 Å². The first-order valence-electron chi connectivity index (χ1n) is 6.09. The van der Waals surface area contributed by atoms with Crippen molar-refractivity contribution in [3.8, 4) is 0 Å². The molecule has 0 aliphatic rings. The van der Waals surface area contributed by atoms with Crippen molar-refractivity contribution >= 4 is 34.6 Å². The lowest BCUT2D eigenvalue weighted by Crippen LogP contribution is -2.19. The van der Waals surface area contributed by atoms with Crippen LogP contribution < -0.4 is 0 Å². The normalized spacial score (nSPS) is 14.9. The van der Waals surface area contributed by atoms with Crippen LogP contribution in [0.2, 0.25) is 0 Å². The maximum absolute atomic E-state index is 10.2. The fraction of sp³-hybridized carbons (Fsp3) is 0.200. The quantitative estimate of drug-likeness (QED) is 0.644. The molecule has 3 aromatic rings. The summed E-state index contributed by atoms with van der Waals surface area (Å²) in [6.45, 7) is 0. The number of para-hydroxylation sites is 2. The van der Waals surface area contributed by atoms with E-state index in [-0.39, 0.29) is 5.75 Å². The first-order chi connectivity index (χ1) is 9.22. The highest BCUT2D eigenvalue weighted by Crippen LogP contribution is 2.34. The van der Waals surface area contributed by atoms with Gasteiger partial charge in [0.2, 0.25) is 0 Å². The monoisotopic (exact) mass is 274 g/mol. The number of hydrogen-bond donors (Lipinski definition) is 3. The van der Waals surface area contributed by atoms with Crippen molar-refractivity contribution in [2.45, 2.75) is 12.2 Å². The molecule has 0 amide bonds. The van der Waals surface area contributed by atoms with Crippen LogP contribution in [0.15, 0.2) is 46.9 Å². The largest absolute Gasteiger partial charge is 0.456 e. The first kappa shape index (κ1) is 12.5. The van der Waals surface area contributed by atoms with Crippen LogP contribution in [0, 0.1) is 0 Å². The Balaban J connectivity index is 2.26. The summed E-state index contributed by atoms with van der Waals surface area (Å²) < 4.78 is 5.80. The van der Waals surface area contributed by atoms with E-state index in [0.717, 1.165) is 16.4 Å². The van der Waals surface area contributed by atoms with Gasteiger partial charge in [-0.1, -0.05) is 36.4 Å². The number of thiol groups is 1. The molecule has 3 nitrogen and oxygen atoms in total. The zero-order valence-corrected chi connectivity index (χ0v) is 11.0. The van der Waals surface area contributed by atoms with E-state index in [1.54, 1.807) is 6.07 Å². The summed E-state index contributed by atoms with van der Waals surface area (Å²) in [5.41, 5.74) is 1.99. The van der Waals surface area contributed by atoms with E-state index in [0.29, 0.717) is 11.1 Å². The van der Waals surface area contributed by atoms with Crippen LogP contribution in [0.25, 0.3) is 21.9 Å². The summed E-state index contributed by atoms with van der Waals surface area (Å²) in [5.74, 6) is 0.192. The van der Waals surface area contributed by atoms with E-state index in [1.165, 1.54) is 0 Å². The van der Waals surface area contributed by atoms with E-state index in [1.807, 2.05) is 36.4 Å². The van der Waals surface area contributed by atoms with Gasteiger partial charge >= 0.3 is 0 Å². The zero-order valence-electron chi connectivity index (χ0n) is 10.2. The minimum atomic E-state index is -0.998. The number of aliphatic hydroxyl groups excluding tert-OH is 2. The molecule has 98 valence electrons. The van der Waals surface area contributed by atoms with Gasteiger partial charge in [-0.15, -0.1) is 0 Å². The Hall–Kier alpha value is -1.49. The highest BCUT2D eigenvalue weighted by Gasteiger charge is 2.21. The lowest BCUT2D eigenvalue weighted by Gasteiger charge is -2.16. The highest BCUT2D eigenvalue weighted by molar-refractivity contribution is 7.80. The molecular weight excluding hydrogens is 260 g/mol. The highest BCUT2D eigenvalue weighted by atomic mass is 32.1. The van der Waals surface area contributed by atoms with Crippen molar-refractivity contribution in [1.82, 2.24) is 0 Å². The molecule has 0 aliphatic carbocycles. The number of rotatable bonds is 3. The third kappa shape index (κ3) is 2.02. The molecule has 2 atom stereocenters. The van der Waals surface area contributed by atoms with Gasteiger partial charge in [0.15, 0.2) is 0 Å². The fourth-order valence-corrected chi connectivity index (χ4v) is 2.51. The molecule has 0 radical (unpaired) electrons. The molecule has 2 unspecified atom stereocenters. The number of hydrogen-bond acceptors (Lipinski definition) is 4. The molecule has 3 rings (SSSR count). The molecule has 0 bridgehead atoms. The number of benzene rings is 2. The van der Waals surface area contributed by atoms with Crippen molar-refractivity contribution in [1.29, 1.82) is 0 Å². The van der Waals surface area contributed by atoms with Crippen LogP contribution in [-0.4, -0.2) is 22.1 Å². The standard InChI is InChI=1S/C15H14O3S/c16-12(8-19)14(17)11-6-3-5-10-9-4-1-2-7-13(9)18-15(10)11/h1-7,12,14,16-17,19H,8H2. The van der Waals surface area contributed by atoms with Gasteiger partial charge in [-0.2, -0.15) is 12.6 Å². The van der Waals surface area contributed by atoms with Gasteiger partial charge in [-0.3, -0.25) is 0 Å². The second kappa shape index (κ2) is 4.89. The smallest absolute Gasteiger partial charge is 0.141 e. The molecule has 0 saturated carbocycles. The summed E-state index contributed by atoms with van der Waals surface area (Å²) in [6, 6.07) is 13.3. The third-order valence-corrected chi connectivity index (χ3v) is 3.68. The van der Waals surface area contributed by atoms with E-state index in [2.05, 4.69) is 12.6 Å². The molecule has 2 N–H and O–H groups in total. The molecule has 0 fully saturated rings. The summed E-state index contributed by atoms with van der Waals surface area (Å²) >= 11 is 4.01. The third-order valence-electron chi connectivity index (χ3n) is 3.30. The molecule has 4 heteroatoms. The summed E-state index contributed by atoms with van der Waals surface area (Å²) in [7, 11) is 0. The van der Waals surface area contributed by atoms with E-state index >= 15 is 0 Å². The van der Waals surface area contributed by atoms with Crippen LogP contribution >= 0.6 is 12.6 Å². The molecule has 1 aromatic heterocycles. The second-order valence-corrected chi connectivity index (χ2v) is 4.88. The number of fused-ring (bicyclic) bond motifs is 3. The lowest BCUT2D eigenvalue weighted by molar-refractivity contribution is 0.0341. The lowest BCUT2D eigenvalue weighted by atomic mass is 10.0. The summed E-state index contributed by atoms with van der Waals surface area (Å²) in [4.78, 5) is 0. The van der Waals surface area contributed by atoms with Crippen molar-refractivity contribution in [3.05, 3.63) is 48.0 Å². The van der Waals surface area contributed by atoms with Crippen molar-refractivity contribution in [2.24, 2.45) is 0 Å². The summed E-state index contributed by atoms with van der Waals surface area (Å²) in [5, 5.41) is 21.8. The first-order valence-corrected chi connectivity index (χ1v) is 6.72. The molecule has 0 spiro atoms. The Labute approximate surface area is 115 Å². The van der Waals surface area contributed by atoms with E-state index < -0.39 is 12.2 Å².